The first-order valence-electron chi connectivity index (χ1n) is 7.79. The summed E-state index contributed by atoms with van der Waals surface area (Å²) in [5, 5.41) is 3.45. The molecule has 1 fully saturated rings. The lowest BCUT2D eigenvalue weighted by atomic mass is 9.95. The number of rotatable bonds is 4. The van der Waals surface area contributed by atoms with Crippen molar-refractivity contribution in [2.24, 2.45) is 0 Å². The molecule has 1 saturated carbocycles. The van der Waals surface area contributed by atoms with Crippen molar-refractivity contribution in [2.75, 3.05) is 5.32 Å². The molecular formula is C17H22FN3. The minimum absolute atomic E-state index is 0.107. The third-order valence-corrected chi connectivity index (χ3v) is 4.35. The molecule has 1 heterocycles. The summed E-state index contributed by atoms with van der Waals surface area (Å²) in [6.45, 7) is 2.08. The van der Waals surface area contributed by atoms with Gasteiger partial charge in [0, 0.05) is 18.4 Å². The van der Waals surface area contributed by atoms with Crippen molar-refractivity contribution in [1.82, 2.24) is 9.55 Å². The number of aromatic nitrogens is 2. The summed E-state index contributed by atoms with van der Waals surface area (Å²) in [6, 6.07) is 7.31. The Balaban J connectivity index is 1.72. The Labute approximate surface area is 125 Å². The number of nitrogens with one attached hydrogen (secondary N) is 1. The maximum absolute atomic E-state index is 13.0. The Morgan fingerprint density at radius 1 is 1.19 bits per heavy atom. The average Bonchev–Trinajstić information content (AvgIpc) is 2.97. The fraction of sp³-hybridized carbons (Fsp3) is 0.471. The number of benzene rings is 1. The highest BCUT2D eigenvalue weighted by molar-refractivity contribution is 5.33. The highest BCUT2D eigenvalue weighted by atomic mass is 19.1. The largest absolute Gasteiger partial charge is 0.349 e. The van der Waals surface area contributed by atoms with E-state index in [9.17, 15) is 4.39 Å². The van der Waals surface area contributed by atoms with Gasteiger partial charge in [-0.05, 0) is 37.5 Å². The highest BCUT2D eigenvalue weighted by Crippen LogP contribution is 2.31. The number of imidazole rings is 1. The van der Waals surface area contributed by atoms with Crippen molar-refractivity contribution in [3.8, 4) is 0 Å². The van der Waals surface area contributed by atoms with Gasteiger partial charge in [-0.2, -0.15) is 0 Å². The first-order valence-corrected chi connectivity index (χ1v) is 7.79. The van der Waals surface area contributed by atoms with Crippen LogP contribution in [0.5, 0.6) is 0 Å². The molecule has 1 unspecified atom stereocenters. The van der Waals surface area contributed by atoms with E-state index in [1.165, 1.54) is 44.2 Å². The van der Waals surface area contributed by atoms with Gasteiger partial charge in [0.2, 0.25) is 5.95 Å². The Morgan fingerprint density at radius 3 is 2.62 bits per heavy atom. The Bertz CT molecular complexity index is 570. The van der Waals surface area contributed by atoms with Crippen molar-refractivity contribution in [3.05, 3.63) is 48.0 Å². The van der Waals surface area contributed by atoms with E-state index in [2.05, 4.69) is 28.0 Å². The summed E-state index contributed by atoms with van der Waals surface area (Å²) in [4.78, 5) is 4.45. The van der Waals surface area contributed by atoms with Crippen molar-refractivity contribution in [3.63, 3.8) is 0 Å². The van der Waals surface area contributed by atoms with Crippen LogP contribution in [0.2, 0.25) is 0 Å². The van der Waals surface area contributed by atoms with Gasteiger partial charge >= 0.3 is 0 Å². The van der Waals surface area contributed by atoms with E-state index in [1.807, 2.05) is 18.3 Å². The molecule has 3 nitrogen and oxygen atoms in total. The van der Waals surface area contributed by atoms with Crippen LogP contribution >= 0.6 is 0 Å². The fourth-order valence-corrected chi connectivity index (χ4v) is 3.11. The Hall–Kier alpha value is -1.84. The van der Waals surface area contributed by atoms with Gasteiger partial charge in [0.15, 0.2) is 0 Å². The molecule has 0 bridgehead atoms. The van der Waals surface area contributed by atoms with Gasteiger partial charge in [0.25, 0.3) is 0 Å². The second kappa shape index (κ2) is 6.29. The molecule has 21 heavy (non-hydrogen) atoms. The molecule has 1 atom stereocenters. The topological polar surface area (TPSA) is 29.9 Å². The van der Waals surface area contributed by atoms with Gasteiger partial charge in [-0.25, -0.2) is 9.37 Å². The van der Waals surface area contributed by atoms with Crippen molar-refractivity contribution < 1.29 is 4.39 Å². The van der Waals surface area contributed by atoms with Crippen LogP contribution in [0.3, 0.4) is 0 Å². The summed E-state index contributed by atoms with van der Waals surface area (Å²) in [7, 11) is 0. The standard InChI is InChI=1S/C17H22FN3/c1-13(14-7-9-15(18)10-8-14)20-17-19-11-12-21(17)16-5-3-2-4-6-16/h7-13,16H,2-6H2,1H3,(H,19,20). The zero-order chi connectivity index (χ0) is 14.7. The van der Waals surface area contributed by atoms with Crippen LogP contribution in [0.15, 0.2) is 36.7 Å². The second-order valence-electron chi connectivity index (χ2n) is 5.87. The van der Waals surface area contributed by atoms with Gasteiger partial charge < -0.3 is 9.88 Å². The maximum atomic E-state index is 13.0. The molecule has 1 aliphatic rings. The number of anilines is 1. The summed E-state index contributed by atoms with van der Waals surface area (Å²) < 4.78 is 15.3. The maximum Gasteiger partial charge on any atom is 0.203 e. The van der Waals surface area contributed by atoms with E-state index >= 15 is 0 Å². The first kappa shape index (κ1) is 14.1. The zero-order valence-electron chi connectivity index (χ0n) is 12.4. The number of nitrogens with zero attached hydrogens (tertiary/aromatic N) is 2. The summed E-state index contributed by atoms with van der Waals surface area (Å²) in [5.41, 5.74) is 1.06. The van der Waals surface area contributed by atoms with Crippen LogP contribution in [0, 0.1) is 5.82 Å². The molecular weight excluding hydrogens is 265 g/mol. The van der Waals surface area contributed by atoms with E-state index in [4.69, 9.17) is 0 Å². The molecule has 1 aromatic carbocycles. The first-order chi connectivity index (χ1) is 10.2. The van der Waals surface area contributed by atoms with Crippen LogP contribution in [0.25, 0.3) is 0 Å². The zero-order valence-corrected chi connectivity index (χ0v) is 12.4. The lowest BCUT2D eigenvalue weighted by molar-refractivity contribution is 0.355. The molecule has 0 radical (unpaired) electrons. The highest BCUT2D eigenvalue weighted by Gasteiger charge is 2.18. The molecule has 1 aromatic heterocycles. The fourth-order valence-electron chi connectivity index (χ4n) is 3.11. The Morgan fingerprint density at radius 2 is 1.90 bits per heavy atom. The minimum Gasteiger partial charge on any atom is -0.349 e. The molecule has 0 saturated heterocycles. The van der Waals surface area contributed by atoms with E-state index in [-0.39, 0.29) is 11.9 Å². The summed E-state index contributed by atoms with van der Waals surface area (Å²) in [5.74, 6) is 0.716. The van der Waals surface area contributed by atoms with Crippen LogP contribution in [-0.2, 0) is 0 Å². The monoisotopic (exact) mass is 287 g/mol. The van der Waals surface area contributed by atoms with Crippen molar-refractivity contribution in [1.29, 1.82) is 0 Å². The lowest BCUT2D eigenvalue weighted by Gasteiger charge is -2.26. The number of halogens is 1. The van der Waals surface area contributed by atoms with E-state index < -0.39 is 0 Å². The minimum atomic E-state index is -0.199. The molecule has 0 spiro atoms. The molecule has 0 aliphatic heterocycles. The van der Waals surface area contributed by atoms with Crippen molar-refractivity contribution >= 4 is 5.95 Å². The second-order valence-corrected chi connectivity index (χ2v) is 5.87. The Kier molecular flexibility index (Phi) is 4.23. The number of hydrogen-bond donors (Lipinski definition) is 1. The molecule has 2 aromatic rings. The molecule has 112 valence electrons. The molecule has 0 amide bonds. The van der Waals surface area contributed by atoms with E-state index in [1.54, 1.807) is 0 Å². The van der Waals surface area contributed by atoms with Crippen LogP contribution in [0.4, 0.5) is 10.3 Å². The van der Waals surface area contributed by atoms with Gasteiger partial charge in [-0.15, -0.1) is 0 Å². The third-order valence-electron chi connectivity index (χ3n) is 4.35. The number of hydrogen-bond acceptors (Lipinski definition) is 2. The lowest BCUT2D eigenvalue weighted by Crippen LogP contribution is -2.17. The van der Waals surface area contributed by atoms with E-state index in [0.717, 1.165) is 11.5 Å². The van der Waals surface area contributed by atoms with Crippen molar-refractivity contribution in [2.45, 2.75) is 51.1 Å². The quantitative estimate of drug-likeness (QED) is 0.883. The predicted octanol–water partition coefficient (Wildman–Crippen LogP) is 4.70. The molecule has 3 rings (SSSR count). The van der Waals surface area contributed by atoms with Gasteiger partial charge in [0.1, 0.15) is 5.82 Å². The molecule has 1 N–H and O–H groups in total. The third kappa shape index (κ3) is 3.26. The summed E-state index contributed by atoms with van der Waals surface area (Å²) in [6.07, 6.45) is 10.3. The normalized spacial score (nSPS) is 17.6. The predicted molar refractivity (Wildman–Crippen MR) is 82.8 cm³/mol. The van der Waals surface area contributed by atoms with Gasteiger partial charge in [-0.3, -0.25) is 0 Å². The van der Waals surface area contributed by atoms with E-state index in [0.29, 0.717) is 6.04 Å². The summed E-state index contributed by atoms with van der Waals surface area (Å²) >= 11 is 0. The smallest absolute Gasteiger partial charge is 0.203 e. The van der Waals surface area contributed by atoms with Crippen LogP contribution < -0.4 is 5.32 Å². The molecule has 1 aliphatic carbocycles. The van der Waals surface area contributed by atoms with Crippen LogP contribution in [0.1, 0.15) is 56.7 Å². The SMILES string of the molecule is CC(Nc1nccn1C1CCCCC1)c1ccc(F)cc1. The average molecular weight is 287 g/mol. The van der Waals surface area contributed by atoms with Crippen LogP contribution in [-0.4, -0.2) is 9.55 Å². The van der Waals surface area contributed by atoms with Gasteiger partial charge in [-0.1, -0.05) is 31.4 Å². The van der Waals surface area contributed by atoms with Gasteiger partial charge in [0.05, 0.1) is 6.04 Å². The molecule has 4 heteroatoms.